The molecule has 0 unspecified atom stereocenters. The molecule has 1 aromatic rings. The molecule has 0 saturated carbocycles. The highest BCUT2D eigenvalue weighted by Crippen LogP contribution is 2.50. The van der Waals surface area contributed by atoms with Gasteiger partial charge in [0.15, 0.2) is 11.5 Å². The molecule has 2 rings (SSSR count). The summed E-state index contributed by atoms with van der Waals surface area (Å²) in [7, 11) is 0. The molecule has 1 heterocycles. The predicted molar refractivity (Wildman–Crippen MR) is 57.9 cm³/mol. The average molecular weight is 287 g/mol. The van der Waals surface area contributed by atoms with Gasteiger partial charge < -0.3 is 35.7 Å². The average Bonchev–Trinajstić information content (AvgIpc) is 2.66. The van der Waals surface area contributed by atoms with Crippen LogP contribution in [0.5, 0.6) is 23.0 Å². The van der Waals surface area contributed by atoms with Gasteiger partial charge in [0.1, 0.15) is 17.7 Å². The normalized spacial score (nSPS) is 14.8. The van der Waals surface area contributed by atoms with Crippen LogP contribution >= 0.6 is 0 Å². The van der Waals surface area contributed by atoms with E-state index in [1.807, 2.05) is 0 Å². The molecule has 1 aliphatic rings. The molecular weight excluding hydrogens is 278 g/mol. The smallest absolute Gasteiger partial charge is 0.280 e. The summed E-state index contributed by atoms with van der Waals surface area (Å²) in [6.07, 6.45) is 0. The summed E-state index contributed by atoms with van der Waals surface area (Å²) >= 11 is 0. The van der Waals surface area contributed by atoms with Gasteiger partial charge in [0.05, 0.1) is 0 Å². The van der Waals surface area contributed by atoms with E-state index < -0.39 is 58.5 Å². The molecule has 0 bridgehead atoms. The number of aromatic hydroxyl groups is 4. The fourth-order valence-corrected chi connectivity index (χ4v) is 1.83. The number of amides is 2. The number of carbonyl (C=O) groups is 2. The van der Waals surface area contributed by atoms with Gasteiger partial charge in [-0.15, -0.1) is 0 Å². The molecule has 7 N–H and O–H groups in total. The van der Waals surface area contributed by atoms with Gasteiger partial charge in [0.25, 0.3) is 17.7 Å². The Bertz CT molecular complexity index is 589. The Morgan fingerprint density at radius 2 is 1.15 bits per heavy atom. The fourth-order valence-electron chi connectivity index (χ4n) is 1.83. The second-order valence-corrected chi connectivity index (χ2v) is 4.02. The highest BCUT2D eigenvalue weighted by atomic mass is 16.6. The van der Waals surface area contributed by atoms with Crippen LogP contribution in [0.3, 0.4) is 0 Å². The quantitative estimate of drug-likeness (QED) is 0.137. The van der Waals surface area contributed by atoms with Crippen molar-refractivity contribution in [3.8, 4) is 23.0 Å². The van der Waals surface area contributed by atoms with E-state index in [1.54, 1.807) is 0 Å². The number of phenols is 4. The van der Waals surface area contributed by atoms with E-state index in [9.17, 15) is 40.2 Å². The Hall–Kier alpha value is -2.56. The lowest BCUT2D eigenvalue weighted by Gasteiger charge is -2.27. The van der Waals surface area contributed by atoms with Crippen molar-refractivity contribution in [2.45, 2.75) is 5.91 Å². The SMILES string of the molecule is O=C1c2c(O)c(O)c(O)c(O)c2C(=O)N1C(O)(O)CO. The van der Waals surface area contributed by atoms with Crippen LogP contribution in [0.4, 0.5) is 0 Å². The molecule has 2 amide bonds. The number of imide groups is 1. The maximum atomic E-state index is 11.9. The Morgan fingerprint density at radius 3 is 1.45 bits per heavy atom. The number of carbonyl (C=O) groups excluding carboxylic acids is 2. The zero-order valence-electron chi connectivity index (χ0n) is 9.60. The summed E-state index contributed by atoms with van der Waals surface area (Å²) in [6.45, 7) is -1.43. The number of rotatable bonds is 2. The first-order valence-electron chi connectivity index (χ1n) is 5.09. The summed E-state index contributed by atoms with van der Waals surface area (Å²) in [6, 6.07) is 0. The lowest BCUT2D eigenvalue weighted by Crippen LogP contribution is -2.54. The van der Waals surface area contributed by atoms with E-state index >= 15 is 0 Å². The zero-order chi connectivity index (χ0) is 15.4. The van der Waals surface area contributed by atoms with Crippen molar-refractivity contribution in [2.75, 3.05) is 6.61 Å². The molecule has 0 saturated heterocycles. The van der Waals surface area contributed by atoms with Crippen LogP contribution in [-0.2, 0) is 0 Å². The molecule has 0 aromatic heterocycles. The number of aliphatic hydroxyl groups excluding tert-OH is 1. The summed E-state index contributed by atoms with van der Waals surface area (Å²) in [5, 5.41) is 65.1. The van der Waals surface area contributed by atoms with Gasteiger partial charge in [-0.25, -0.2) is 4.90 Å². The van der Waals surface area contributed by atoms with E-state index in [1.165, 1.54) is 0 Å². The Morgan fingerprint density at radius 1 is 0.800 bits per heavy atom. The largest absolute Gasteiger partial charge is 0.504 e. The maximum Gasteiger partial charge on any atom is 0.280 e. The third kappa shape index (κ3) is 1.49. The van der Waals surface area contributed by atoms with Crippen LogP contribution in [0.2, 0.25) is 0 Å². The van der Waals surface area contributed by atoms with Gasteiger partial charge in [-0.2, -0.15) is 0 Å². The van der Waals surface area contributed by atoms with Gasteiger partial charge in [0.2, 0.25) is 11.5 Å². The lowest BCUT2D eigenvalue weighted by atomic mass is 10.1. The van der Waals surface area contributed by atoms with Gasteiger partial charge in [-0.1, -0.05) is 0 Å². The molecule has 0 spiro atoms. The first-order chi connectivity index (χ1) is 9.15. The van der Waals surface area contributed by atoms with Gasteiger partial charge in [0, 0.05) is 0 Å². The third-order valence-corrected chi connectivity index (χ3v) is 2.80. The minimum Gasteiger partial charge on any atom is -0.504 e. The van der Waals surface area contributed by atoms with Crippen LogP contribution in [-0.4, -0.2) is 65.0 Å². The summed E-state index contributed by atoms with van der Waals surface area (Å²) in [5.74, 6) is -11.2. The van der Waals surface area contributed by atoms with E-state index in [0.29, 0.717) is 0 Å². The van der Waals surface area contributed by atoms with Gasteiger partial charge in [-0.3, -0.25) is 9.59 Å². The third-order valence-electron chi connectivity index (χ3n) is 2.80. The second-order valence-electron chi connectivity index (χ2n) is 4.02. The Balaban J connectivity index is 2.76. The second kappa shape index (κ2) is 3.96. The summed E-state index contributed by atoms with van der Waals surface area (Å²) < 4.78 is 0. The minimum atomic E-state index is -3.28. The molecule has 0 fully saturated rings. The topological polar surface area (TPSA) is 179 Å². The van der Waals surface area contributed by atoms with Crippen molar-refractivity contribution in [3.05, 3.63) is 11.1 Å². The summed E-state index contributed by atoms with van der Waals surface area (Å²) in [5.41, 5.74) is -1.85. The van der Waals surface area contributed by atoms with Crippen LogP contribution in [0.1, 0.15) is 20.7 Å². The van der Waals surface area contributed by atoms with E-state index in [-0.39, 0.29) is 4.90 Å². The van der Waals surface area contributed by atoms with Gasteiger partial charge in [-0.05, 0) is 0 Å². The number of aliphatic hydroxyl groups is 3. The molecule has 1 aliphatic heterocycles. The van der Waals surface area contributed by atoms with Crippen LogP contribution < -0.4 is 0 Å². The molecule has 10 heteroatoms. The van der Waals surface area contributed by atoms with Crippen molar-refractivity contribution >= 4 is 11.8 Å². The monoisotopic (exact) mass is 287 g/mol. The molecule has 0 radical (unpaired) electrons. The van der Waals surface area contributed by atoms with E-state index in [0.717, 1.165) is 0 Å². The highest BCUT2D eigenvalue weighted by Gasteiger charge is 2.51. The summed E-state index contributed by atoms with van der Waals surface area (Å²) in [4.78, 5) is 23.5. The Kier molecular flexibility index (Phi) is 2.75. The number of phenolic OH excluding ortho intramolecular Hbond substituents is 4. The first-order valence-corrected chi connectivity index (χ1v) is 5.09. The van der Waals surface area contributed by atoms with Crippen molar-refractivity contribution in [2.24, 2.45) is 0 Å². The predicted octanol–water partition coefficient (Wildman–Crippen LogP) is -2.26. The number of nitrogens with zero attached hydrogens (tertiary/aromatic N) is 1. The van der Waals surface area contributed by atoms with E-state index in [4.69, 9.17) is 5.11 Å². The molecule has 0 atom stereocenters. The zero-order valence-corrected chi connectivity index (χ0v) is 9.60. The fraction of sp³-hybridized carbons (Fsp3) is 0.200. The van der Waals surface area contributed by atoms with Crippen molar-refractivity contribution in [3.63, 3.8) is 0 Å². The molecule has 0 aliphatic carbocycles. The molecule has 1 aromatic carbocycles. The number of hydrogen-bond acceptors (Lipinski definition) is 9. The van der Waals surface area contributed by atoms with E-state index in [2.05, 4.69) is 0 Å². The Labute approximate surface area is 110 Å². The van der Waals surface area contributed by atoms with Crippen LogP contribution in [0.15, 0.2) is 0 Å². The minimum absolute atomic E-state index is 0.240. The number of fused-ring (bicyclic) bond motifs is 1. The molecule has 20 heavy (non-hydrogen) atoms. The van der Waals surface area contributed by atoms with Crippen molar-refractivity contribution < 1.29 is 45.3 Å². The highest BCUT2D eigenvalue weighted by molar-refractivity contribution is 6.25. The number of hydrogen-bond donors (Lipinski definition) is 7. The molecular formula is C10H9NO9. The van der Waals surface area contributed by atoms with Crippen molar-refractivity contribution in [1.82, 2.24) is 4.90 Å². The van der Waals surface area contributed by atoms with Gasteiger partial charge >= 0.3 is 0 Å². The standard InChI is InChI=1S/C10H9NO9/c12-1-10(19,20)11-8(17)2-3(9(11)18)5(14)7(16)6(15)4(2)13/h12-16,19-20H,1H2. The maximum absolute atomic E-state index is 11.9. The van der Waals surface area contributed by atoms with Crippen LogP contribution in [0, 0.1) is 0 Å². The first kappa shape index (κ1) is 13.9. The van der Waals surface area contributed by atoms with Crippen LogP contribution in [0.25, 0.3) is 0 Å². The van der Waals surface area contributed by atoms with Crippen molar-refractivity contribution in [1.29, 1.82) is 0 Å². The molecule has 10 nitrogen and oxygen atoms in total. The number of benzene rings is 1. The lowest BCUT2D eigenvalue weighted by molar-refractivity contribution is -0.247. The molecule has 108 valence electrons.